The van der Waals surface area contributed by atoms with Crippen molar-refractivity contribution in [2.24, 2.45) is 0 Å². The predicted octanol–water partition coefficient (Wildman–Crippen LogP) is 2.97. The van der Waals surface area contributed by atoms with Gasteiger partial charge < -0.3 is 14.8 Å². The number of amides is 1. The average molecular weight is 368 g/mol. The number of carboxylic acids is 1. The van der Waals surface area contributed by atoms with Crippen molar-refractivity contribution in [2.45, 2.75) is 96.9 Å². The van der Waals surface area contributed by atoms with Gasteiger partial charge in [0.1, 0.15) is 6.04 Å². The zero-order valence-electron chi connectivity index (χ0n) is 17.0. The second kappa shape index (κ2) is 14.0. The lowest BCUT2D eigenvalue weighted by Crippen LogP contribution is -2.38. The van der Waals surface area contributed by atoms with Crippen molar-refractivity contribution >= 4 is 11.9 Å². The predicted molar refractivity (Wildman–Crippen MR) is 104 cm³/mol. The molecule has 1 atom stereocenters. The van der Waals surface area contributed by atoms with Gasteiger partial charge in [0.25, 0.3) is 0 Å². The Hall–Kier alpha value is -1.10. The molecule has 1 heterocycles. The fourth-order valence-electron chi connectivity index (χ4n) is 3.63. The Morgan fingerprint density at radius 3 is 2.08 bits per heavy atom. The summed E-state index contributed by atoms with van der Waals surface area (Å²) in [4.78, 5) is 26.3. The summed E-state index contributed by atoms with van der Waals surface area (Å²) in [5.74, 6) is -0.752. The highest BCUT2D eigenvalue weighted by atomic mass is 16.4. The molecule has 0 bridgehead atoms. The first kappa shape index (κ1) is 22.9. The summed E-state index contributed by atoms with van der Waals surface area (Å²) in [5, 5.41) is 10.6. The van der Waals surface area contributed by atoms with E-state index >= 15 is 0 Å². The van der Waals surface area contributed by atoms with Gasteiger partial charge in [-0.15, -0.1) is 0 Å². The molecule has 0 aliphatic carbocycles. The smallest absolute Gasteiger partial charge is 0.246 e. The average Bonchev–Trinajstić information content (AvgIpc) is 3.23. The van der Waals surface area contributed by atoms with Crippen molar-refractivity contribution in [1.82, 2.24) is 9.80 Å². The number of likely N-dealkylation sites (N-methyl/N-ethyl adjacent to an activating group) is 1. The van der Waals surface area contributed by atoms with Gasteiger partial charge in [0.2, 0.25) is 5.91 Å². The summed E-state index contributed by atoms with van der Waals surface area (Å²) in [7, 11) is 0. The molecule has 1 amide bonds. The van der Waals surface area contributed by atoms with E-state index in [0.29, 0.717) is 13.1 Å². The number of unbranched alkanes of at least 4 members (excludes halogenated alkanes) is 9. The summed E-state index contributed by atoms with van der Waals surface area (Å²) in [6.07, 6.45) is 15.0. The number of aliphatic carboxylic acids is 1. The highest BCUT2D eigenvalue weighted by molar-refractivity contribution is 5.96. The van der Waals surface area contributed by atoms with Gasteiger partial charge >= 0.3 is 0 Å². The maximum atomic E-state index is 11.8. The third-order valence-corrected chi connectivity index (χ3v) is 5.38. The maximum Gasteiger partial charge on any atom is 0.246 e. The van der Waals surface area contributed by atoms with Gasteiger partial charge in [0.15, 0.2) is 0 Å². The fraction of sp³-hybridized carbons (Fsp3) is 0.905. The SMILES string of the molecule is CCCCCCCCCCCCC1C(=O)N1CCCN(CC)CC(=O)[O-]. The van der Waals surface area contributed by atoms with Crippen LogP contribution in [0, 0.1) is 0 Å². The second-order valence-electron chi connectivity index (χ2n) is 7.61. The van der Waals surface area contributed by atoms with E-state index in [-0.39, 0.29) is 18.5 Å². The molecule has 26 heavy (non-hydrogen) atoms. The minimum Gasteiger partial charge on any atom is -0.549 e. The van der Waals surface area contributed by atoms with Gasteiger partial charge in [0.05, 0.1) is 5.97 Å². The standard InChI is InChI=1S/C21H40N2O3/c1-3-5-6-7-8-9-10-11-12-13-15-19-21(26)23(19)17-14-16-22(4-2)18-20(24)25/h19H,3-18H2,1-2H3,(H,24,25)/p-1. The zero-order chi connectivity index (χ0) is 19.2. The molecule has 152 valence electrons. The quantitative estimate of drug-likeness (QED) is 0.276. The lowest BCUT2D eigenvalue weighted by Gasteiger charge is -2.20. The first-order valence-corrected chi connectivity index (χ1v) is 10.8. The van der Waals surface area contributed by atoms with E-state index in [2.05, 4.69) is 6.92 Å². The molecule has 1 fully saturated rings. The van der Waals surface area contributed by atoms with Crippen LogP contribution in [0.5, 0.6) is 0 Å². The largest absolute Gasteiger partial charge is 0.549 e. The molecule has 0 saturated carbocycles. The monoisotopic (exact) mass is 367 g/mol. The molecule has 1 rings (SSSR count). The van der Waals surface area contributed by atoms with Crippen LogP contribution < -0.4 is 5.11 Å². The van der Waals surface area contributed by atoms with Crippen LogP contribution in [0.4, 0.5) is 0 Å². The van der Waals surface area contributed by atoms with Crippen LogP contribution in [0.25, 0.3) is 0 Å². The molecule has 0 spiro atoms. The van der Waals surface area contributed by atoms with Crippen LogP contribution in [0.3, 0.4) is 0 Å². The Labute approximate surface area is 160 Å². The number of carbonyl (C=O) groups excluding carboxylic acids is 2. The fourth-order valence-corrected chi connectivity index (χ4v) is 3.63. The minimum atomic E-state index is -1.03. The molecular weight excluding hydrogens is 328 g/mol. The first-order valence-electron chi connectivity index (χ1n) is 10.8. The topological polar surface area (TPSA) is 63.5 Å². The number of carbonyl (C=O) groups is 2. The molecule has 5 heteroatoms. The number of rotatable bonds is 18. The van der Waals surface area contributed by atoms with Crippen LogP contribution in [-0.2, 0) is 9.59 Å². The van der Waals surface area contributed by atoms with E-state index in [0.717, 1.165) is 25.8 Å². The molecule has 1 aliphatic heterocycles. The third-order valence-electron chi connectivity index (χ3n) is 5.38. The Morgan fingerprint density at radius 1 is 0.962 bits per heavy atom. The molecule has 5 nitrogen and oxygen atoms in total. The molecule has 0 radical (unpaired) electrons. The maximum absolute atomic E-state index is 11.8. The molecule has 1 saturated heterocycles. The lowest BCUT2D eigenvalue weighted by molar-refractivity contribution is -0.306. The van der Waals surface area contributed by atoms with E-state index in [1.165, 1.54) is 57.8 Å². The number of nitrogens with zero attached hydrogens (tertiary/aromatic N) is 2. The van der Waals surface area contributed by atoms with Crippen molar-refractivity contribution in [3.05, 3.63) is 0 Å². The summed E-state index contributed by atoms with van der Waals surface area (Å²) in [5.41, 5.74) is 0. The molecule has 0 N–H and O–H groups in total. The molecule has 0 aromatic rings. The molecule has 0 aromatic carbocycles. The van der Waals surface area contributed by atoms with Gasteiger partial charge in [0, 0.05) is 19.6 Å². The van der Waals surface area contributed by atoms with Crippen molar-refractivity contribution in [3.8, 4) is 0 Å². The highest BCUT2D eigenvalue weighted by Crippen LogP contribution is 2.26. The van der Waals surface area contributed by atoms with E-state index in [4.69, 9.17) is 0 Å². The number of hydrogen-bond donors (Lipinski definition) is 0. The molecular formula is C21H39N2O3-. The van der Waals surface area contributed by atoms with Gasteiger partial charge in [-0.05, 0) is 19.4 Å². The van der Waals surface area contributed by atoms with Crippen molar-refractivity contribution < 1.29 is 14.7 Å². The van der Waals surface area contributed by atoms with Crippen LogP contribution in [0.1, 0.15) is 90.9 Å². The molecule has 1 aliphatic rings. The van der Waals surface area contributed by atoms with Crippen molar-refractivity contribution in [3.63, 3.8) is 0 Å². The van der Waals surface area contributed by atoms with E-state index in [1.54, 1.807) is 0 Å². The van der Waals surface area contributed by atoms with Crippen LogP contribution in [0.15, 0.2) is 0 Å². The Morgan fingerprint density at radius 2 is 1.54 bits per heavy atom. The van der Waals surface area contributed by atoms with E-state index in [9.17, 15) is 14.7 Å². The van der Waals surface area contributed by atoms with Crippen LogP contribution in [-0.4, -0.2) is 53.9 Å². The Balaban J connectivity index is 1.95. The van der Waals surface area contributed by atoms with Gasteiger partial charge in [-0.25, -0.2) is 0 Å². The van der Waals surface area contributed by atoms with Crippen LogP contribution >= 0.6 is 0 Å². The van der Waals surface area contributed by atoms with E-state index in [1.807, 2.05) is 16.7 Å². The molecule has 1 unspecified atom stereocenters. The Kier molecular flexibility index (Phi) is 12.4. The van der Waals surface area contributed by atoms with Gasteiger partial charge in [-0.1, -0.05) is 78.1 Å². The molecule has 0 aromatic heterocycles. The number of hydrogen-bond acceptors (Lipinski definition) is 4. The third kappa shape index (κ3) is 10.1. The second-order valence-corrected chi connectivity index (χ2v) is 7.61. The summed E-state index contributed by atoms with van der Waals surface area (Å²) in [6.45, 7) is 6.34. The summed E-state index contributed by atoms with van der Waals surface area (Å²) < 4.78 is 0. The minimum absolute atomic E-state index is 0.0214. The van der Waals surface area contributed by atoms with Gasteiger partial charge in [-0.2, -0.15) is 0 Å². The lowest BCUT2D eigenvalue weighted by atomic mass is 10.1. The summed E-state index contributed by atoms with van der Waals surface area (Å²) in [6, 6.07) is 0.139. The van der Waals surface area contributed by atoms with E-state index < -0.39 is 5.97 Å². The zero-order valence-corrected chi connectivity index (χ0v) is 17.0. The van der Waals surface area contributed by atoms with Crippen LogP contribution in [0.2, 0.25) is 0 Å². The normalized spacial score (nSPS) is 16.5. The Bertz CT molecular complexity index is 401. The van der Waals surface area contributed by atoms with Crippen molar-refractivity contribution in [2.75, 3.05) is 26.2 Å². The summed E-state index contributed by atoms with van der Waals surface area (Å²) >= 11 is 0. The van der Waals surface area contributed by atoms with Crippen molar-refractivity contribution in [1.29, 1.82) is 0 Å². The first-order chi connectivity index (χ1) is 12.6. The van der Waals surface area contributed by atoms with Gasteiger partial charge in [-0.3, -0.25) is 9.69 Å². The number of carboxylic acid groups (broad SMARTS) is 1. The highest BCUT2D eigenvalue weighted by Gasteiger charge is 2.43.